The summed E-state index contributed by atoms with van der Waals surface area (Å²) in [7, 11) is 0. The van der Waals surface area contributed by atoms with E-state index in [-0.39, 0.29) is 29.6 Å². The second kappa shape index (κ2) is 7.45. The van der Waals surface area contributed by atoms with E-state index in [0.29, 0.717) is 19.7 Å². The van der Waals surface area contributed by atoms with Crippen molar-refractivity contribution in [1.29, 1.82) is 0 Å². The fourth-order valence-electron chi connectivity index (χ4n) is 2.50. The van der Waals surface area contributed by atoms with Crippen LogP contribution in [0, 0.1) is 5.92 Å². The van der Waals surface area contributed by atoms with E-state index in [0.717, 1.165) is 6.42 Å². The average molecular weight is 308 g/mol. The lowest BCUT2D eigenvalue weighted by atomic mass is 10.0. The highest BCUT2D eigenvalue weighted by molar-refractivity contribution is 5.95. The lowest BCUT2D eigenvalue weighted by Crippen LogP contribution is -2.55. The smallest absolute Gasteiger partial charge is 0.287 e. The largest absolute Gasteiger partial charge is 0.459 e. The Balaban J connectivity index is 2.03. The summed E-state index contributed by atoms with van der Waals surface area (Å²) in [6.07, 6.45) is 2.38. The molecular weight excluding hydrogens is 284 g/mol. The van der Waals surface area contributed by atoms with E-state index in [1.54, 1.807) is 17.0 Å². The van der Waals surface area contributed by atoms with E-state index in [1.807, 2.05) is 20.8 Å². The molecule has 122 valence electrons. The molecule has 22 heavy (non-hydrogen) atoms. The normalized spacial score (nSPS) is 20.0. The molecule has 1 aromatic heterocycles. The van der Waals surface area contributed by atoms with Crippen molar-refractivity contribution in [2.75, 3.05) is 19.7 Å². The number of nitrogens with one attached hydrogen (secondary N) is 1. The van der Waals surface area contributed by atoms with Gasteiger partial charge in [-0.3, -0.25) is 9.59 Å². The molecule has 0 radical (unpaired) electrons. The summed E-state index contributed by atoms with van der Waals surface area (Å²) < 4.78 is 10.7. The maximum absolute atomic E-state index is 12.7. The average Bonchev–Trinajstić information content (AvgIpc) is 3.06. The Labute approximate surface area is 130 Å². The molecule has 0 saturated carbocycles. The standard InChI is InChI=1S/C16H24N2O4/c1-4-12-10-18(7-9-21-12)16(20)14(11(2)3)17-15(19)13-6-5-8-22-13/h5-6,8,11-12,14H,4,7,9-10H2,1-3H3,(H,17,19). The van der Waals surface area contributed by atoms with Gasteiger partial charge in [0.25, 0.3) is 5.91 Å². The van der Waals surface area contributed by atoms with Gasteiger partial charge in [-0.15, -0.1) is 0 Å². The van der Waals surface area contributed by atoms with Crippen molar-refractivity contribution in [2.24, 2.45) is 5.92 Å². The molecule has 2 amide bonds. The summed E-state index contributed by atoms with van der Waals surface area (Å²) in [5.74, 6) is -0.213. The third-order valence-corrected chi connectivity index (χ3v) is 3.87. The van der Waals surface area contributed by atoms with Gasteiger partial charge in [-0.2, -0.15) is 0 Å². The summed E-state index contributed by atoms with van der Waals surface area (Å²) in [5.41, 5.74) is 0. The number of morpholine rings is 1. The zero-order valence-corrected chi connectivity index (χ0v) is 13.4. The Morgan fingerprint density at radius 2 is 2.23 bits per heavy atom. The SMILES string of the molecule is CCC1CN(C(=O)C(NC(=O)c2ccco2)C(C)C)CCO1. The predicted octanol–water partition coefficient (Wildman–Crippen LogP) is 1.67. The Hall–Kier alpha value is -1.82. The van der Waals surface area contributed by atoms with Crippen LogP contribution in [-0.4, -0.2) is 48.6 Å². The van der Waals surface area contributed by atoms with Crippen LogP contribution in [0.2, 0.25) is 0 Å². The van der Waals surface area contributed by atoms with Crippen LogP contribution < -0.4 is 5.32 Å². The molecule has 2 heterocycles. The number of hydrogen-bond donors (Lipinski definition) is 1. The number of carbonyl (C=O) groups excluding carboxylic acids is 2. The van der Waals surface area contributed by atoms with Crippen molar-refractivity contribution in [3.63, 3.8) is 0 Å². The van der Waals surface area contributed by atoms with Gasteiger partial charge in [0.05, 0.1) is 19.0 Å². The Morgan fingerprint density at radius 1 is 1.45 bits per heavy atom. The maximum Gasteiger partial charge on any atom is 0.287 e. The van der Waals surface area contributed by atoms with Gasteiger partial charge >= 0.3 is 0 Å². The molecule has 0 spiro atoms. The topological polar surface area (TPSA) is 71.8 Å². The monoisotopic (exact) mass is 308 g/mol. The molecule has 1 aliphatic rings. The number of furan rings is 1. The molecule has 6 heteroatoms. The predicted molar refractivity (Wildman–Crippen MR) is 81.4 cm³/mol. The minimum absolute atomic E-state index is 0.00525. The van der Waals surface area contributed by atoms with Crippen LogP contribution in [0.4, 0.5) is 0 Å². The van der Waals surface area contributed by atoms with Gasteiger partial charge in [-0.25, -0.2) is 0 Å². The van der Waals surface area contributed by atoms with Crippen LogP contribution in [0.1, 0.15) is 37.7 Å². The van der Waals surface area contributed by atoms with Gasteiger partial charge in [0.15, 0.2) is 5.76 Å². The molecule has 1 fully saturated rings. The number of carbonyl (C=O) groups is 2. The third-order valence-electron chi connectivity index (χ3n) is 3.87. The van der Waals surface area contributed by atoms with Crippen molar-refractivity contribution in [1.82, 2.24) is 10.2 Å². The molecule has 0 aromatic carbocycles. The maximum atomic E-state index is 12.7. The van der Waals surface area contributed by atoms with Crippen molar-refractivity contribution >= 4 is 11.8 Å². The molecule has 2 rings (SSSR count). The van der Waals surface area contributed by atoms with E-state index in [9.17, 15) is 9.59 Å². The van der Waals surface area contributed by atoms with Crippen LogP contribution in [0.5, 0.6) is 0 Å². The summed E-state index contributed by atoms with van der Waals surface area (Å²) in [5, 5.41) is 2.78. The lowest BCUT2D eigenvalue weighted by Gasteiger charge is -2.35. The minimum Gasteiger partial charge on any atom is -0.459 e. The first-order chi connectivity index (χ1) is 10.5. The zero-order valence-electron chi connectivity index (χ0n) is 13.4. The Morgan fingerprint density at radius 3 is 2.82 bits per heavy atom. The summed E-state index contributed by atoms with van der Waals surface area (Å²) in [4.78, 5) is 26.6. The van der Waals surface area contributed by atoms with Crippen molar-refractivity contribution in [2.45, 2.75) is 39.3 Å². The van der Waals surface area contributed by atoms with E-state index in [1.165, 1.54) is 6.26 Å². The van der Waals surface area contributed by atoms with Gasteiger partial charge in [0.2, 0.25) is 5.91 Å². The van der Waals surface area contributed by atoms with E-state index < -0.39 is 6.04 Å². The summed E-state index contributed by atoms with van der Waals surface area (Å²) in [6, 6.07) is 2.67. The Bertz CT molecular complexity index is 498. The molecule has 2 unspecified atom stereocenters. The highest BCUT2D eigenvalue weighted by Gasteiger charge is 2.32. The van der Waals surface area contributed by atoms with Gasteiger partial charge in [-0.1, -0.05) is 20.8 Å². The number of amides is 2. The Kier molecular flexibility index (Phi) is 5.60. The van der Waals surface area contributed by atoms with Crippen LogP contribution in [-0.2, 0) is 9.53 Å². The van der Waals surface area contributed by atoms with Crippen molar-refractivity contribution in [3.8, 4) is 0 Å². The number of rotatable bonds is 5. The first-order valence-electron chi connectivity index (χ1n) is 7.77. The summed E-state index contributed by atoms with van der Waals surface area (Å²) in [6.45, 7) is 7.56. The fraction of sp³-hybridized carbons (Fsp3) is 0.625. The first kappa shape index (κ1) is 16.5. The number of hydrogen-bond acceptors (Lipinski definition) is 4. The van der Waals surface area contributed by atoms with Gasteiger partial charge < -0.3 is 19.4 Å². The molecule has 1 saturated heterocycles. The highest BCUT2D eigenvalue weighted by atomic mass is 16.5. The molecular formula is C16H24N2O4. The lowest BCUT2D eigenvalue weighted by molar-refractivity contribution is -0.142. The first-order valence-corrected chi connectivity index (χ1v) is 7.77. The molecule has 1 aliphatic heterocycles. The third kappa shape index (κ3) is 3.88. The van der Waals surface area contributed by atoms with Crippen molar-refractivity contribution in [3.05, 3.63) is 24.2 Å². The zero-order chi connectivity index (χ0) is 16.1. The highest BCUT2D eigenvalue weighted by Crippen LogP contribution is 2.13. The second-order valence-corrected chi connectivity index (χ2v) is 5.86. The molecule has 1 aromatic rings. The van der Waals surface area contributed by atoms with E-state index >= 15 is 0 Å². The van der Waals surface area contributed by atoms with Crippen LogP contribution >= 0.6 is 0 Å². The molecule has 0 bridgehead atoms. The van der Waals surface area contributed by atoms with Gasteiger partial charge in [0, 0.05) is 13.1 Å². The van der Waals surface area contributed by atoms with Crippen LogP contribution in [0.15, 0.2) is 22.8 Å². The van der Waals surface area contributed by atoms with Gasteiger partial charge in [-0.05, 0) is 24.5 Å². The fourth-order valence-corrected chi connectivity index (χ4v) is 2.50. The van der Waals surface area contributed by atoms with Crippen LogP contribution in [0.3, 0.4) is 0 Å². The van der Waals surface area contributed by atoms with E-state index in [2.05, 4.69) is 5.32 Å². The molecule has 1 N–H and O–H groups in total. The summed E-state index contributed by atoms with van der Waals surface area (Å²) >= 11 is 0. The van der Waals surface area contributed by atoms with E-state index in [4.69, 9.17) is 9.15 Å². The second-order valence-electron chi connectivity index (χ2n) is 5.86. The molecule has 6 nitrogen and oxygen atoms in total. The minimum atomic E-state index is -0.562. The van der Waals surface area contributed by atoms with Gasteiger partial charge in [0.1, 0.15) is 6.04 Å². The molecule has 0 aliphatic carbocycles. The quantitative estimate of drug-likeness (QED) is 0.898. The van der Waals surface area contributed by atoms with Crippen molar-refractivity contribution < 1.29 is 18.7 Å². The molecule has 2 atom stereocenters. The van der Waals surface area contributed by atoms with Crippen LogP contribution in [0.25, 0.3) is 0 Å². The number of ether oxygens (including phenoxy) is 1. The number of nitrogens with zero attached hydrogens (tertiary/aromatic N) is 1.